The number of hydrogen-bond donors (Lipinski definition) is 1. The van der Waals surface area contributed by atoms with E-state index in [4.69, 9.17) is 11.6 Å². The van der Waals surface area contributed by atoms with Crippen LogP contribution in [0, 0.1) is 16.7 Å². The van der Waals surface area contributed by atoms with Crippen LogP contribution in [0.1, 0.15) is 65.2 Å². The van der Waals surface area contributed by atoms with Gasteiger partial charge in [0.15, 0.2) is 9.84 Å². The highest BCUT2D eigenvalue weighted by Gasteiger charge is 2.58. The molecule has 2 saturated carbocycles. The lowest BCUT2D eigenvalue weighted by Gasteiger charge is -2.49. The molecule has 5 rings (SSSR count). The summed E-state index contributed by atoms with van der Waals surface area (Å²) in [4.78, 5) is 31.1. The van der Waals surface area contributed by atoms with Crippen molar-refractivity contribution in [1.82, 2.24) is 15.1 Å². The predicted molar refractivity (Wildman–Crippen MR) is 139 cm³/mol. The number of hydrogen-bond acceptors (Lipinski definition) is 7. The quantitative estimate of drug-likeness (QED) is 0.545. The van der Waals surface area contributed by atoms with E-state index in [1.165, 1.54) is 17.0 Å². The summed E-state index contributed by atoms with van der Waals surface area (Å²) in [6.07, 6.45) is 5.88. The Morgan fingerprint density at radius 2 is 1.78 bits per heavy atom. The van der Waals surface area contributed by atoms with E-state index in [0.717, 1.165) is 32.2 Å². The van der Waals surface area contributed by atoms with Gasteiger partial charge in [0, 0.05) is 19.1 Å². The molecular formula is C27H35ClN4O4S. The van der Waals surface area contributed by atoms with Gasteiger partial charge < -0.3 is 5.32 Å². The number of carbonyl (C=O) groups excluding carboxylic acids is 2. The number of nitriles is 1. The number of carbonyl (C=O) groups is 2. The standard InChI is InChI=1S/C27H35ClN4O4S/c1-26(2)10-7-18(8-11-26)31-14-9-22(31)25(34)32(27(17-29)12-13-27)24(33)21-15-19(16-30-21)37(35,36)23-6-4-3-5-20(23)28/h3-6,18-19,21-22,30H,7-16H2,1-2H3/t19-,21+,22?/m1/s1. The molecule has 8 nitrogen and oxygen atoms in total. The smallest absolute Gasteiger partial charge is 0.247 e. The van der Waals surface area contributed by atoms with E-state index in [9.17, 15) is 23.3 Å². The molecule has 2 saturated heterocycles. The zero-order valence-electron chi connectivity index (χ0n) is 21.5. The van der Waals surface area contributed by atoms with Gasteiger partial charge in [-0.15, -0.1) is 0 Å². The predicted octanol–water partition coefficient (Wildman–Crippen LogP) is 3.30. The Labute approximate surface area is 224 Å². The lowest BCUT2D eigenvalue weighted by molar-refractivity contribution is -0.156. The average molecular weight is 547 g/mol. The lowest BCUT2D eigenvalue weighted by atomic mass is 9.74. The molecule has 4 fully saturated rings. The molecule has 4 aliphatic rings. The zero-order chi connectivity index (χ0) is 26.6. The van der Waals surface area contributed by atoms with Crippen LogP contribution in [-0.2, 0) is 19.4 Å². The number of rotatable bonds is 6. The van der Waals surface area contributed by atoms with Gasteiger partial charge in [-0.25, -0.2) is 8.42 Å². The molecule has 2 aliphatic carbocycles. The maximum atomic E-state index is 13.8. The third-order valence-electron chi connectivity index (χ3n) is 8.89. The van der Waals surface area contributed by atoms with Gasteiger partial charge in [-0.05, 0) is 68.9 Å². The Morgan fingerprint density at radius 3 is 2.35 bits per heavy atom. The number of likely N-dealkylation sites (tertiary alicyclic amines) is 1. The molecule has 0 aromatic heterocycles. The van der Waals surface area contributed by atoms with Crippen molar-refractivity contribution in [2.24, 2.45) is 5.41 Å². The van der Waals surface area contributed by atoms with Gasteiger partial charge in [-0.1, -0.05) is 37.6 Å². The molecule has 2 aliphatic heterocycles. The van der Waals surface area contributed by atoms with E-state index >= 15 is 0 Å². The second kappa shape index (κ2) is 9.64. The van der Waals surface area contributed by atoms with Crippen molar-refractivity contribution < 1.29 is 18.0 Å². The first-order chi connectivity index (χ1) is 17.5. The monoisotopic (exact) mass is 546 g/mol. The number of halogens is 1. The highest BCUT2D eigenvalue weighted by Crippen LogP contribution is 2.45. The molecule has 200 valence electrons. The van der Waals surface area contributed by atoms with E-state index in [1.54, 1.807) is 12.1 Å². The Morgan fingerprint density at radius 1 is 1.11 bits per heavy atom. The second-order valence-corrected chi connectivity index (χ2v) is 14.5. The van der Waals surface area contributed by atoms with Gasteiger partial charge in [0.1, 0.15) is 5.54 Å². The lowest BCUT2D eigenvalue weighted by Crippen LogP contribution is -2.64. The van der Waals surface area contributed by atoms with Crippen LogP contribution in [0.4, 0.5) is 0 Å². The first-order valence-electron chi connectivity index (χ1n) is 13.3. The topological polar surface area (TPSA) is 111 Å². The summed E-state index contributed by atoms with van der Waals surface area (Å²) in [5.74, 6) is -0.795. The van der Waals surface area contributed by atoms with Gasteiger partial charge in [-0.3, -0.25) is 19.4 Å². The van der Waals surface area contributed by atoms with Gasteiger partial charge in [0.05, 0.1) is 33.3 Å². The summed E-state index contributed by atoms with van der Waals surface area (Å²) in [7, 11) is -3.77. The van der Waals surface area contributed by atoms with Gasteiger partial charge >= 0.3 is 0 Å². The first-order valence-corrected chi connectivity index (χ1v) is 15.2. The van der Waals surface area contributed by atoms with E-state index in [0.29, 0.717) is 30.7 Å². The minimum Gasteiger partial charge on any atom is -0.304 e. The van der Waals surface area contributed by atoms with Crippen LogP contribution in [0.25, 0.3) is 0 Å². The number of imide groups is 1. The molecular weight excluding hydrogens is 512 g/mol. The van der Waals surface area contributed by atoms with E-state index in [2.05, 4.69) is 30.1 Å². The van der Waals surface area contributed by atoms with Crippen LogP contribution in [0.15, 0.2) is 29.2 Å². The van der Waals surface area contributed by atoms with Crippen LogP contribution in [0.3, 0.4) is 0 Å². The SMILES string of the molecule is CC1(C)CCC(N2CCC2C(=O)N(C(=O)[C@@H]2C[C@@H](S(=O)(=O)c3ccccc3Cl)CN2)C2(C#N)CC2)CC1. The minimum absolute atomic E-state index is 0.0315. The zero-order valence-corrected chi connectivity index (χ0v) is 23.0. The number of nitrogens with zero attached hydrogens (tertiary/aromatic N) is 3. The first kappa shape index (κ1) is 26.6. The minimum atomic E-state index is -3.77. The van der Waals surface area contributed by atoms with Crippen molar-refractivity contribution in [3.8, 4) is 6.07 Å². The maximum Gasteiger partial charge on any atom is 0.247 e. The summed E-state index contributed by atoms with van der Waals surface area (Å²) in [5, 5.41) is 12.3. The van der Waals surface area contributed by atoms with E-state index in [1.807, 2.05) is 0 Å². The number of nitrogens with one attached hydrogen (secondary N) is 1. The largest absolute Gasteiger partial charge is 0.304 e. The van der Waals surface area contributed by atoms with Gasteiger partial charge in [-0.2, -0.15) is 5.26 Å². The van der Waals surface area contributed by atoms with Crippen LogP contribution in [0.5, 0.6) is 0 Å². The molecule has 2 heterocycles. The van der Waals surface area contributed by atoms with Gasteiger partial charge in [0.25, 0.3) is 0 Å². The van der Waals surface area contributed by atoms with Crippen molar-refractivity contribution in [2.75, 3.05) is 13.1 Å². The molecule has 1 aromatic rings. The van der Waals surface area contributed by atoms with E-state index in [-0.39, 0.29) is 28.8 Å². The van der Waals surface area contributed by atoms with Crippen LogP contribution < -0.4 is 5.32 Å². The van der Waals surface area contributed by atoms with Crippen molar-refractivity contribution in [2.45, 2.75) is 99.0 Å². The van der Waals surface area contributed by atoms with Crippen LogP contribution >= 0.6 is 11.6 Å². The molecule has 37 heavy (non-hydrogen) atoms. The van der Waals surface area contributed by atoms with Crippen molar-refractivity contribution in [3.63, 3.8) is 0 Å². The third-order valence-corrected chi connectivity index (χ3v) is 11.5. The number of benzene rings is 1. The Bertz CT molecular complexity index is 1230. The van der Waals surface area contributed by atoms with Crippen molar-refractivity contribution in [1.29, 1.82) is 5.26 Å². The highest BCUT2D eigenvalue weighted by atomic mass is 35.5. The molecule has 0 bridgehead atoms. The fourth-order valence-electron chi connectivity index (χ4n) is 6.15. The molecule has 0 spiro atoms. The Balaban J connectivity index is 1.32. The summed E-state index contributed by atoms with van der Waals surface area (Å²) in [6, 6.07) is 7.58. The molecule has 1 aromatic carbocycles. The highest BCUT2D eigenvalue weighted by molar-refractivity contribution is 7.92. The number of sulfone groups is 1. The second-order valence-electron chi connectivity index (χ2n) is 11.9. The maximum absolute atomic E-state index is 13.8. The average Bonchev–Trinajstić information content (AvgIpc) is 3.43. The molecule has 2 amide bonds. The summed E-state index contributed by atoms with van der Waals surface area (Å²) >= 11 is 6.16. The van der Waals surface area contributed by atoms with Crippen molar-refractivity contribution in [3.05, 3.63) is 29.3 Å². The fraction of sp³-hybridized carbons (Fsp3) is 0.667. The van der Waals surface area contributed by atoms with E-state index < -0.39 is 38.6 Å². The Hall–Kier alpha value is -1.99. The van der Waals surface area contributed by atoms with Crippen LogP contribution in [-0.4, -0.2) is 72.0 Å². The van der Waals surface area contributed by atoms with Crippen LogP contribution in [0.2, 0.25) is 5.02 Å². The molecule has 3 atom stereocenters. The summed E-state index contributed by atoms with van der Waals surface area (Å²) < 4.78 is 26.5. The fourth-order valence-corrected chi connectivity index (χ4v) is 8.33. The van der Waals surface area contributed by atoms with Gasteiger partial charge in [0.2, 0.25) is 11.8 Å². The molecule has 1 N–H and O–H groups in total. The Kier molecular flexibility index (Phi) is 6.93. The third kappa shape index (κ3) is 4.82. The summed E-state index contributed by atoms with van der Waals surface area (Å²) in [5.41, 5.74) is -0.803. The van der Waals surface area contributed by atoms with Crippen molar-refractivity contribution >= 4 is 33.3 Å². The molecule has 0 radical (unpaired) electrons. The molecule has 1 unspecified atom stereocenters. The molecule has 10 heteroatoms. The number of amides is 2. The normalized spacial score (nSPS) is 29.2. The summed E-state index contributed by atoms with van der Waals surface area (Å²) in [6.45, 7) is 5.46.